The van der Waals surface area contributed by atoms with Crippen LogP contribution in [0.2, 0.25) is 5.02 Å². The summed E-state index contributed by atoms with van der Waals surface area (Å²) in [6.07, 6.45) is 3.83. The third-order valence-corrected chi connectivity index (χ3v) is 4.41. The Hall–Kier alpha value is -2.60. The molecule has 6 nitrogen and oxygen atoms in total. The number of benzene rings is 1. The highest BCUT2D eigenvalue weighted by Crippen LogP contribution is 2.28. The Morgan fingerprint density at radius 1 is 1.32 bits per heavy atom. The fourth-order valence-electron chi connectivity index (χ4n) is 2.76. The second-order valence-electron chi connectivity index (χ2n) is 6.50. The molecule has 1 aromatic heterocycles. The van der Waals surface area contributed by atoms with Crippen molar-refractivity contribution in [3.05, 3.63) is 52.8 Å². The van der Waals surface area contributed by atoms with Crippen LogP contribution in [-0.2, 0) is 11.2 Å². The van der Waals surface area contributed by atoms with Gasteiger partial charge in [0.2, 0.25) is 0 Å². The number of hydrogen-bond donors (Lipinski definition) is 2. The molecule has 0 atom stereocenters. The molecule has 0 unspecified atom stereocenters. The molecule has 0 bridgehead atoms. The van der Waals surface area contributed by atoms with Crippen LogP contribution in [0.4, 0.5) is 11.4 Å². The third kappa shape index (κ3) is 3.44. The molecule has 0 fully saturated rings. The van der Waals surface area contributed by atoms with Gasteiger partial charge in [-0.2, -0.15) is 0 Å². The van der Waals surface area contributed by atoms with Crippen LogP contribution < -0.4 is 10.2 Å². The van der Waals surface area contributed by atoms with Crippen molar-refractivity contribution >= 4 is 34.9 Å². The topological polar surface area (TPSA) is 82.5 Å². The smallest absolute Gasteiger partial charge is 0.328 e. The van der Waals surface area contributed by atoms with Crippen LogP contribution in [0, 0.1) is 0 Å². The number of nitrogens with zero attached hydrogens (tertiary/aromatic N) is 2. The number of fused-ring (bicyclic) bond motifs is 1. The van der Waals surface area contributed by atoms with E-state index in [1.807, 2.05) is 6.07 Å². The van der Waals surface area contributed by atoms with Crippen molar-refractivity contribution in [2.75, 3.05) is 16.8 Å². The molecule has 3 rings (SSSR count). The number of carbonyl (C=O) groups excluding carboxylic acids is 1. The summed E-state index contributed by atoms with van der Waals surface area (Å²) < 4.78 is 0. The predicted octanol–water partition coefficient (Wildman–Crippen LogP) is 3.21. The first-order valence-corrected chi connectivity index (χ1v) is 8.22. The summed E-state index contributed by atoms with van der Waals surface area (Å²) in [5, 5.41) is 12.8. The number of pyridine rings is 1. The molecule has 2 aromatic rings. The van der Waals surface area contributed by atoms with Gasteiger partial charge in [-0.25, -0.2) is 4.79 Å². The van der Waals surface area contributed by atoms with Crippen LogP contribution in [-0.4, -0.2) is 34.1 Å². The quantitative estimate of drug-likeness (QED) is 0.875. The maximum atomic E-state index is 12.8. The Kier molecular flexibility index (Phi) is 4.39. The summed E-state index contributed by atoms with van der Waals surface area (Å²) in [6, 6.07) is 6.98. The number of nitrogens with one attached hydrogen (secondary N) is 1. The van der Waals surface area contributed by atoms with Gasteiger partial charge in [0, 0.05) is 17.1 Å². The van der Waals surface area contributed by atoms with Crippen molar-refractivity contribution in [1.82, 2.24) is 4.98 Å². The number of rotatable bonds is 4. The lowest BCUT2D eigenvalue weighted by atomic mass is 9.98. The van der Waals surface area contributed by atoms with Crippen LogP contribution >= 0.6 is 11.6 Å². The van der Waals surface area contributed by atoms with Crippen LogP contribution in [0.3, 0.4) is 0 Å². The summed E-state index contributed by atoms with van der Waals surface area (Å²) in [4.78, 5) is 29.8. The highest BCUT2D eigenvalue weighted by atomic mass is 35.5. The minimum absolute atomic E-state index is 0.116. The lowest BCUT2D eigenvalue weighted by Crippen LogP contribution is -2.40. The SMILES string of the molecule is CC(C)(Nc1cncc(N2CCc3cc(Cl)ccc3C2=O)c1)C(=O)O. The largest absolute Gasteiger partial charge is 0.480 e. The second kappa shape index (κ2) is 6.37. The zero-order valence-corrected chi connectivity index (χ0v) is 14.7. The fourth-order valence-corrected chi connectivity index (χ4v) is 2.96. The van der Waals surface area contributed by atoms with E-state index in [2.05, 4.69) is 10.3 Å². The molecule has 0 spiro atoms. The molecule has 0 radical (unpaired) electrons. The minimum Gasteiger partial charge on any atom is -0.480 e. The first-order chi connectivity index (χ1) is 11.8. The van der Waals surface area contributed by atoms with E-state index in [4.69, 9.17) is 11.6 Å². The molecule has 1 aromatic carbocycles. The lowest BCUT2D eigenvalue weighted by Gasteiger charge is -2.29. The molecule has 0 saturated heterocycles. The van der Waals surface area contributed by atoms with E-state index >= 15 is 0 Å². The van der Waals surface area contributed by atoms with Crippen molar-refractivity contribution in [2.24, 2.45) is 0 Å². The molecular weight excluding hydrogens is 342 g/mol. The molecule has 1 aliphatic heterocycles. The fraction of sp³-hybridized carbons (Fsp3) is 0.278. The number of halogens is 1. The molecule has 130 valence electrons. The number of aliphatic carboxylic acids is 1. The zero-order chi connectivity index (χ0) is 18.2. The van der Waals surface area contributed by atoms with Crippen molar-refractivity contribution in [1.29, 1.82) is 0 Å². The first kappa shape index (κ1) is 17.2. The Labute approximate surface area is 150 Å². The number of carboxylic acid groups (broad SMARTS) is 1. The molecule has 1 aliphatic rings. The van der Waals surface area contributed by atoms with Gasteiger partial charge >= 0.3 is 5.97 Å². The summed E-state index contributed by atoms with van der Waals surface area (Å²) in [5.74, 6) is -1.09. The van der Waals surface area contributed by atoms with E-state index in [1.54, 1.807) is 43.1 Å². The summed E-state index contributed by atoms with van der Waals surface area (Å²) in [7, 11) is 0. The highest BCUT2D eigenvalue weighted by molar-refractivity contribution is 6.30. The molecule has 1 amide bonds. The van der Waals surface area contributed by atoms with Gasteiger partial charge < -0.3 is 15.3 Å². The van der Waals surface area contributed by atoms with Crippen LogP contribution in [0.25, 0.3) is 0 Å². The van der Waals surface area contributed by atoms with Crippen molar-refractivity contribution in [3.63, 3.8) is 0 Å². The Balaban J connectivity index is 1.88. The van der Waals surface area contributed by atoms with E-state index in [1.165, 1.54) is 6.20 Å². The van der Waals surface area contributed by atoms with Gasteiger partial charge in [0.05, 0.1) is 23.8 Å². The predicted molar refractivity (Wildman–Crippen MR) is 96.4 cm³/mol. The molecule has 7 heteroatoms. The molecule has 25 heavy (non-hydrogen) atoms. The second-order valence-corrected chi connectivity index (χ2v) is 6.93. The number of amides is 1. The van der Waals surface area contributed by atoms with E-state index in [9.17, 15) is 14.7 Å². The number of aromatic nitrogens is 1. The normalized spacial score (nSPS) is 14.2. The number of hydrogen-bond acceptors (Lipinski definition) is 4. The van der Waals surface area contributed by atoms with Gasteiger partial charge in [0.1, 0.15) is 5.54 Å². The molecular formula is C18H18ClN3O3. The van der Waals surface area contributed by atoms with Crippen LogP contribution in [0.1, 0.15) is 29.8 Å². The molecule has 0 aliphatic carbocycles. The number of anilines is 2. The van der Waals surface area contributed by atoms with Crippen molar-refractivity contribution in [2.45, 2.75) is 25.8 Å². The summed E-state index contributed by atoms with van der Waals surface area (Å²) >= 11 is 5.99. The maximum Gasteiger partial charge on any atom is 0.328 e. The Morgan fingerprint density at radius 3 is 2.80 bits per heavy atom. The standard InChI is InChI=1S/C18H18ClN3O3/c1-18(2,17(24)25)21-13-8-14(10-20-9-13)22-6-5-11-7-12(19)3-4-15(11)16(22)23/h3-4,7-10,21H,5-6H2,1-2H3,(H,24,25). The summed E-state index contributed by atoms with van der Waals surface area (Å²) in [5.41, 5.74) is 1.58. The van der Waals surface area contributed by atoms with Crippen molar-refractivity contribution < 1.29 is 14.7 Å². The third-order valence-electron chi connectivity index (χ3n) is 4.17. The van der Waals surface area contributed by atoms with Gasteiger partial charge in [0.15, 0.2) is 0 Å². The number of carbonyl (C=O) groups is 2. The first-order valence-electron chi connectivity index (χ1n) is 7.85. The van der Waals surface area contributed by atoms with Gasteiger partial charge in [-0.15, -0.1) is 0 Å². The average molecular weight is 360 g/mol. The van der Waals surface area contributed by atoms with E-state index in [0.717, 1.165) is 5.56 Å². The summed E-state index contributed by atoms with van der Waals surface area (Å²) in [6.45, 7) is 3.64. The monoisotopic (exact) mass is 359 g/mol. The van der Waals surface area contributed by atoms with Gasteiger partial charge in [-0.3, -0.25) is 9.78 Å². The molecule has 2 heterocycles. The van der Waals surface area contributed by atoms with E-state index in [0.29, 0.717) is 34.9 Å². The van der Waals surface area contributed by atoms with Crippen LogP contribution in [0.5, 0.6) is 0 Å². The van der Waals surface area contributed by atoms with Gasteiger partial charge in [-0.1, -0.05) is 11.6 Å². The molecule has 0 saturated carbocycles. The Morgan fingerprint density at radius 2 is 2.08 bits per heavy atom. The van der Waals surface area contributed by atoms with Crippen LogP contribution in [0.15, 0.2) is 36.7 Å². The maximum absolute atomic E-state index is 12.8. The lowest BCUT2D eigenvalue weighted by molar-refractivity contribution is -0.141. The number of carboxylic acids is 1. The van der Waals surface area contributed by atoms with E-state index < -0.39 is 11.5 Å². The average Bonchev–Trinajstić information content (AvgIpc) is 2.54. The van der Waals surface area contributed by atoms with E-state index in [-0.39, 0.29) is 5.91 Å². The van der Waals surface area contributed by atoms with Gasteiger partial charge in [-0.05, 0) is 50.1 Å². The minimum atomic E-state index is -1.14. The van der Waals surface area contributed by atoms with Crippen molar-refractivity contribution in [3.8, 4) is 0 Å². The highest BCUT2D eigenvalue weighted by Gasteiger charge is 2.28. The zero-order valence-electron chi connectivity index (χ0n) is 13.9. The Bertz CT molecular complexity index is 851. The van der Waals surface area contributed by atoms with Gasteiger partial charge in [0.25, 0.3) is 5.91 Å². The molecule has 2 N–H and O–H groups in total.